The van der Waals surface area contributed by atoms with Gasteiger partial charge in [-0.1, -0.05) is 0 Å². The van der Waals surface area contributed by atoms with Gasteiger partial charge in [0, 0.05) is 0 Å². The largest absolute Gasteiger partial charge is 0.494 e. The summed E-state index contributed by atoms with van der Waals surface area (Å²) in [5.74, 6) is -0.204. The number of primary sulfonamides is 1. The molecule has 2 N–H and O–H groups in total. The first-order valence-corrected chi connectivity index (χ1v) is 6.61. The van der Waals surface area contributed by atoms with Gasteiger partial charge >= 0.3 is 6.18 Å². The Bertz CT molecular complexity index is 582. The van der Waals surface area contributed by atoms with E-state index in [0.29, 0.717) is 0 Å². The number of methoxy groups -OCH3 is 1. The van der Waals surface area contributed by atoms with Crippen LogP contribution in [0.1, 0.15) is 19.5 Å². The van der Waals surface area contributed by atoms with E-state index < -0.39 is 32.3 Å². The van der Waals surface area contributed by atoms with E-state index in [4.69, 9.17) is 9.88 Å². The molecule has 0 unspecified atom stereocenters. The van der Waals surface area contributed by atoms with Crippen LogP contribution in [0.25, 0.3) is 0 Å². The molecule has 108 valence electrons. The first-order valence-electron chi connectivity index (χ1n) is 5.06. The maximum absolute atomic E-state index is 12.9. The van der Waals surface area contributed by atoms with Gasteiger partial charge in [0.05, 0.1) is 12.8 Å². The van der Waals surface area contributed by atoms with E-state index in [1.807, 2.05) is 0 Å². The highest BCUT2D eigenvalue weighted by atomic mass is 32.2. The normalized spacial score (nSPS) is 13.4. The maximum atomic E-state index is 12.9. The third-order valence-corrected chi connectivity index (χ3v) is 3.50. The van der Waals surface area contributed by atoms with Crippen molar-refractivity contribution < 1.29 is 26.3 Å². The zero-order chi connectivity index (χ0) is 15.1. The summed E-state index contributed by atoms with van der Waals surface area (Å²) in [5.41, 5.74) is -2.76. The van der Waals surface area contributed by atoms with Crippen molar-refractivity contribution in [2.45, 2.75) is 30.5 Å². The van der Waals surface area contributed by atoms with Crippen molar-refractivity contribution in [3.63, 3.8) is 0 Å². The minimum Gasteiger partial charge on any atom is -0.494 e. The smallest absolute Gasteiger partial charge is 0.399 e. The molecule has 0 bridgehead atoms. The van der Waals surface area contributed by atoms with Crippen molar-refractivity contribution >= 4 is 10.0 Å². The molecule has 1 heterocycles. The molecule has 0 saturated heterocycles. The SMILES string of the molecule is COc1ccc(C(C)(C)C(F)(F)F)nc1S(N)(=O)=O. The molecule has 0 atom stereocenters. The molecule has 0 aliphatic carbocycles. The van der Waals surface area contributed by atoms with Crippen molar-refractivity contribution in [3.05, 3.63) is 17.8 Å². The van der Waals surface area contributed by atoms with E-state index in [0.717, 1.165) is 26.0 Å². The molecule has 19 heavy (non-hydrogen) atoms. The van der Waals surface area contributed by atoms with Gasteiger partial charge in [0.2, 0.25) is 5.03 Å². The number of hydrogen-bond acceptors (Lipinski definition) is 4. The number of rotatable bonds is 3. The molecule has 0 amide bonds. The van der Waals surface area contributed by atoms with Crippen molar-refractivity contribution in [3.8, 4) is 5.75 Å². The van der Waals surface area contributed by atoms with Crippen LogP contribution in [0.5, 0.6) is 5.75 Å². The van der Waals surface area contributed by atoms with E-state index in [1.165, 1.54) is 7.11 Å². The predicted molar refractivity (Wildman–Crippen MR) is 61.2 cm³/mol. The van der Waals surface area contributed by atoms with Gasteiger partial charge in [-0.3, -0.25) is 0 Å². The number of sulfonamides is 1. The second kappa shape index (κ2) is 4.64. The lowest BCUT2D eigenvalue weighted by Gasteiger charge is -2.27. The second-order valence-corrected chi connectivity index (χ2v) is 5.85. The van der Waals surface area contributed by atoms with E-state index >= 15 is 0 Å². The molecule has 0 aromatic carbocycles. The van der Waals surface area contributed by atoms with Crippen molar-refractivity contribution in [2.75, 3.05) is 7.11 Å². The molecule has 0 saturated carbocycles. The fourth-order valence-corrected chi connectivity index (χ4v) is 1.94. The maximum Gasteiger partial charge on any atom is 0.399 e. The van der Waals surface area contributed by atoms with E-state index in [-0.39, 0.29) is 5.75 Å². The number of pyridine rings is 1. The summed E-state index contributed by atoms with van der Waals surface area (Å²) in [6, 6.07) is 2.15. The Hall–Kier alpha value is -1.35. The quantitative estimate of drug-likeness (QED) is 0.918. The number of nitrogens with two attached hydrogens (primary N) is 1. The monoisotopic (exact) mass is 298 g/mol. The molecule has 1 aromatic rings. The topological polar surface area (TPSA) is 82.3 Å². The number of halogens is 3. The second-order valence-electron chi connectivity index (χ2n) is 4.37. The van der Waals surface area contributed by atoms with Crippen LogP contribution in [0.4, 0.5) is 13.2 Å². The highest BCUT2D eigenvalue weighted by Crippen LogP contribution is 2.40. The molecule has 0 aliphatic heterocycles. The summed E-state index contributed by atoms with van der Waals surface area (Å²) < 4.78 is 65.9. The van der Waals surface area contributed by atoms with Crippen LogP contribution in [0.15, 0.2) is 17.2 Å². The van der Waals surface area contributed by atoms with E-state index in [2.05, 4.69) is 4.98 Å². The average Bonchev–Trinajstić information content (AvgIpc) is 2.25. The van der Waals surface area contributed by atoms with Gasteiger partial charge in [0.15, 0.2) is 5.75 Å². The van der Waals surface area contributed by atoms with Crippen LogP contribution in [0, 0.1) is 0 Å². The van der Waals surface area contributed by atoms with Gasteiger partial charge in [0.1, 0.15) is 5.41 Å². The lowest BCUT2D eigenvalue weighted by Crippen LogP contribution is -2.37. The Labute approximate surface area is 108 Å². The van der Waals surface area contributed by atoms with Crippen LogP contribution < -0.4 is 9.88 Å². The molecule has 0 fully saturated rings. The van der Waals surface area contributed by atoms with Crippen molar-refractivity contribution in [1.82, 2.24) is 4.98 Å². The molecule has 0 spiro atoms. The highest BCUT2D eigenvalue weighted by Gasteiger charge is 2.50. The van der Waals surface area contributed by atoms with Crippen LogP contribution >= 0.6 is 0 Å². The lowest BCUT2D eigenvalue weighted by atomic mass is 9.88. The third kappa shape index (κ3) is 2.98. The van der Waals surface area contributed by atoms with Gasteiger partial charge in [-0.2, -0.15) is 13.2 Å². The summed E-state index contributed by atoms with van der Waals surface area (Å²) in [7, 11) is -3.11. The first-order chi connectivity index (χ1) is 8.41. The van der Waals surface area contributed by atoms with E-state index in [9.17, 15) is 21.6 Å². The molecule has 1 rings (SSSR count). The summed E-state index contributed by atoms with van der Waals surface area (Å²) in [6.45, 7) is 1.80. The molecular weight excluding hydrogens is 285 g/mol. The summed E-state index contributed by atoms with van der Waals surface area (Å²) in [5, 5.41) is 4.19. The minimum atomic E-state index is -4.58. The Morgan fingerprint density at radius 3 is 2.16 bits per heavy atom. The van der Waals surface area contributed by atoms with Crippen LogP contribution in [-0.4, -0.2) is 26.7 Å². The Morgan fingerprint density at radius 1 is 1.26 bits per heavy atom. The van der Waals surface area contributed by atoms with Gasteiger partial charge in [-0.15, -0.1) is 0 Å². The number of hydrogen-bond donors (Lipinski definition) is 1. The Morgan fingerprint density at radius 2 is 1.79 bits per heavy atom. The summed E-state index contributed by atoms with van der Waals surface area (Å²) >= 11 is 0. The summed E-state index contributed by atoms with van der Waals surface area (Å²) in [6.07, 6.45) is -4.58. The molecule has 0 aliphatic rings. The predicted octanol–water partition coefficient (Wildman–Crippen LogP) is 1.58. The molecule has 9 heteroatoms. The number of nitrogens with zero attached hydrogens (tertiary/aromatic N) is 1. The van der Waals surface area contributed by atoms with Crippen molar-refractivity contribution in [1.29, 1.82) is 0 Å². The lowest BCUT2D eigenvalue weighted by molar-refractivity contribution is -0.181. The van der Waals surface area contributed by atoms with Crippen LogP contribution in [-0.2, 0) is 15.4 Å². The third-order valence-electron chi connectivity index (χ3n) is 2.66. The molecular formula is C10H13F3N2O3S. The Balaban J connectivity index is 3.51. The highest BCUT2D eigenvalue weighted by molar-refractivity contribution is 7.89. The van der Waals surface area contributed by atoms with Gasteiger partial charge in [-0.05, 0) is 26.0 Å². The zero-order valence-electron chi connectivity index (χ0n) is 10.4. The number of alkyl halides is 3. The number of aromatic nitrogens is 1. The van der Waals surface area contributed by atoms with Crippen LogP contribution in [0.3, 0.4) is 0 Å². The Kier molecular flexibility index (Phi) is 3.83. The van der Waals surface area contributed by atoms with Crippen molar-refractivity contribution in [2.24, 2.45) is 5.14 Å². The molecule has 1 aromatic heterocycles. The standard InChI is InChI=1S/C10H13F3N2O3S/c1-9(2,10(11,12)13)7-5-4-6(18-3)8(15-7)19(14,16)17/h4-5H,1-3H3,(H2,14,16,17). The fraction of sp³-hybridized carbons (Fsp3) is 0.500. The van der Waals surface area contributed by atoms with Gasteiger partial charge < -0.3 is 4.74 Å². The number of ether oxygens (including phenoxy) is 1. The van der Waals surface area contributed by atoms with Gasteiger partial charge in [-0.25, -0.2) is 18.5 Å². The van der Waals surface area contributed by atoms with Gasteiger partial charge in [0.25, 0.3) is 10.0 Å². The first kappa shape index (κ1) is 15.7. The zero-order valence-corrected chi connectivity index (χ0v) is 11.3. The van der Waals surface area contributed by atoms with Crippen LogP contribution in [0.2, 0.25) is 0 Å². The van der Waals surface area contributed by atoms with E-state index in [1.54, 1.807) is 0 Å². The average molecular weight is 298 g/mol. The minimum absolute atomic E-state index is 0.204. The summed E-state index contributed by atoms with van der Waals surface area (Å²) in [4.78, 5) is 3.49. The molecule has 5 nitrogen and oxygen atoms in total. The molecule has 0 radical (unpaired) electrons. The fourth-order valence-electron chi connectivity index (χ4n) is 1.28.